The molecule has 0 bridgehead atoms. The fourth-order valence-electron chi connectivity index (χ4n) is 1.55. The molecular formula is C10H9N3O4. The van der Waals surface area contributed by atoms with Gasteiger partial charge in [0.25, 0.3) is 0 Å². The Morgan fingerprint density at radius 2 is 2.06 bits per heavy atom. The van der Waals surface area contributed by atoms with Crippen molar-refractivity contribution in [2.24, 2.45) is 0 Å². The van der Waals surface area contributed by atoms with Crippen LogP contribution in [0.2, 0.25) is 0 Å². The number of carbonyl (C=O) groups is 3. The highest BCUT2D eigenvalue weighted by Gasteiger charge is 2.32. The van der Waals surface area contributed by atoms with Gasteiger partial charge >= 0.3 is 5.97 Å². The Kier molecular flexibility index (Phi) is 2.82. The van der Waals surface area contributed by atoms with Crippen LogP contribution in [0, 0.1) is 0 Å². The highest BCUT2D eigenvalue weighted by molar-refractivity contribution is 6.16. The zero-order valence-electron chi connectivity index (χ0n) is 9.04. The van der Waals surface area contributed by atoms with E-state index < -0.39 is 5.97 Å². The van der Waals surface area contributed by atoms with E-state index in [0.717, 1.165) is 4.90 Å². The maximum atomic E-state index is 11.5. The average molecular weight is 235 g/mol. The minimum Gasteiger partial charge on any atom is -0.464 e. The molecule has 0 aromatic carbocycles. The van der Waals surface area contributed by atoms with Crippen LogP contribution in [0.5, 0.6) is 0 Å². The van der Waals surface area contributed by atoms with E-state index in [2.05, 4.69) is 14.7 Å². The number of nitrogens with zero attached hydrogens (tertiary/aromatic N) is 3. The molecule has 0 saturated carbocycles. The number of ether oxygens (including phenoxy) is 1. The maximum Gasteiger partial charge on any atom is 0.360 e. The van der Waals surface area contributed by atoms with E-state index in [1.54, 1.807) is 0 Å². The van der Waals surface area contributed by atoms with Crippen molar-refractivity contribution >= 4 is 23.5 Å². The minimum absolute atomic E-state index is 0.0650. The molecule has 0 atom stereocenters. The Bertz CT molecular complexity index is 500. The molecule has 1 saturated heterocycles. The summed E-state index contributed by atoms with van der Waals surface area (Å²) in [7, 11) is 1.21. The quantitative estimate of drug-likeness (QED) is 0.510. The molecule has 1 amide bonds. The fraction of sp³-hybridized carbons (Fsp3) is 0.300. The van der Waals surface area contributed by atoms with E-state index in [0.29, 0.717) is 0 Å². The number of aromatic nitrogens is 2. The lowest BCUT2D eigenvalue weighted by atomic mass is 10.3. The van der Waals surface area contributed by atoms with Gasteiger partial charge < -0.3 is 4.74 Å². The highest BCUT2D eigenvalue weighted by Crippen LogP contribution is 2.20. The number of Topliss-reactive ketones (excluding diaryl/α,β-unsaturated/α-hetero) is 1. The molecule has 0 radical (unpaired) electrons. The number of anilines is 1. The van der Waals surface area contributed by atoms with Crippen LogP contribution in [0.15, 0.2) is 12.4 Å². The highest BCUT2D eigenvalue weighted by atomic mass is 16.5. The topological polar surface area (TPSA) is 89.5 Å². The van der Waals surface area contributed by atoms with Crippen LogP contribution < -0.4 is 4.90 Å². The van der Waals surface area contributed by atoms with Gasteiger partial charge in [-0.05, 0) is 0 Å². The lowest BCUT2D eigenvalue weighted by Crippen LogP contribution is -2.28. The van der Waals surface area contributed by atoms with Crippen molar-refractivity contribution in [2.75, 3.05) is 18.6 Å². The monoisotopic (exact) mass is 235 g/mol. The van der Waals surface area contributed by atoms with Crippen LogP contribution in [0.4, 0.5) is 5.82 Å². The minimum atomic E-state index is -0.694. The summed E-state index contributed by atoms with van der Waals surface area (Å²) in [6, 6.07) is 0. The molecule has 1 aromatic rings. The summed E-state index contributed by atoms with van der Waals surface area (Å²) in [6.45, 7) is -0.0818. The second kappa shape index (κ2) is 4.28. The molecule has 1 aliphatic heterocycles. The maximum absolute atomic E-state index is 11.5. The Morgan fingerprint density at radius 3 is 2.65 bits per heavy atom. The van der Waals surface area contributed by atoms with Crippen LogP contribution in [0.25, 0.3) is 0 Å². The predicted octanol–water partition coefficient (Wildman–Crippen LogP) is -0.431. The molecule has 7 heteroatoms. The second-order valence-corrected chi connectivity index (χ2v) is 3.42. The van der Waals surface area contributed by atoms with E-state index in [-0.39, 0.29) is 36.2 Å². The van der Waals surface area contributed by atoms with Crippen molar-refractivity contribution in [2.45, 2.75) is 6.42 Å². The first-order chi connectivity index (χ1) is 8.13. The summed E-state index contributed by atoms with van der Waals surface area (Å²) in [4.78, 5) is 43.0. The normalized spacial score (nSPS) is 15.2. The van der Waals surface area contributed by atoms with Gasteiger partial charge in [0.1, 0.15) is 0 Å². The van der Waals surface area contributed by atoms with E-state index >= 15 is 0 Å². The number of hydrogen-bond donors (Lipinski definition) is 0. The molecule has 0 spiro atoms. The second-order valence-electron chi connectivity index (χ2n) is 3.42. The van der Waals surface area contributed by atoms with Crippen molar-refractivity contribution in [3.8, 4) is 0 Å². The molecule has 17 heavy (non-hydrogen) atoms. The molecule has 0 N–H and O–H groups in total. The molecule has 1 aromatic heterocycles. The molecule has 2 rings (SSSR count). The number of hydrogen-bond acceptors (Lipinski definition) is 6. The van der Waals surface area contributed by atoms with Gasteiger partial charge in [-0.25, -0.2) is 14.8 Å². The molecule has 1 aliphatic rings. The molecule has 1 fully saturated rings. The van der Waals surface area contributed by atoms with Crippen LogP contribution in [-0.4, -0.2) is 41.3 Å². The van der Waals surface area contributed by atoms with Gasteiger partial charge in [0.05, 0.1) is 20.1 Å². The first-order valence-electron chi connectivity index (χ1n) is 4.85. The summed E-state index contributed by atoms with van der Waals surface area (Å²) in [5.41, 5.74) is -0.0712. The number of amides is 1. The SMILES string of the molecule is COC(=O)c1nccnc1N1CC(=O)CC1=O. The summed E-state index contributed by atoms with van der Waals surface area (Å²) >= 11 is 0. The Labute approximate surface area is 96.4 Å². The Balaban J connectivity index is 2.42. The standard InChI is InChI=1S/C10H9N3O4/c1-17-10(16)8-9(12-3-2-11-8)13-5-6(14)4-7(13)15/h2-3H,4-5H2,1H3. The van der Waals surface area contributed by atoms with Gasteiger partial charge in [0, 0.05) is 12.4 Å². The molecular weight excluding hydrogens is 226 g/mol. The van der Waals surface area contributed by atoms with E-state index in [1.807, 2.05) is 0 Å². The van der Waals surface area contributed by atoms with Crippen molar-refractivity contribution in [1.29, 1.82) is 0 Å². The predicted molar refractivity (Wildman–Crippen MR) is 55.3 cm³/mol. The first-order valence-corrected chi connectivity index (χ1v) is 4.85. The zero-order chi connectivity index (χ0) is 12.4. The molecule has 7 nitrogen and oxygen atoms in total. The van der Waals surface area contributed by atoms with Crippen LogP contribution in [-0.2, 0) is 14.3 Å². The van der Waals surface area contributed by atoms with Crippen LogP contribution in [0.3, 0.4) is 0 Å². The van der Waals surface area contributed by atoms with Gasteiger partial charge in [-0.3, -0.25) is 14.5 Å². The first kappa shape index (κ1) is 11.2. The zero-order valence-corrected chi connectivity index (χ0v) is 9.04. The summed E-state index contributed by atoms with van der Waals surface area (Å²) in [5.74, 6) is -1.23. The van der Waals surface area contributed by atoms with Crippen molar-refractivity contribution in [3.05, 3.63) is 18.1 Å². The molecule has 0 unspecified atom stereocenters. The van der Waals surface area contributed by atoms with Gasteiger partial charge in [0.2, 0.25) is 5.91 Å². The average Bonchev–Trinajstić information content (AvgIpc) is 2.67. The third kappa shape index (κ3) is 1.99. The van der Waals surface area contributed by atoms with Gasteiger partial charge in [-0.1, -0.05) is 0 Å². The number of ketones is 1. The number of rotatable bonds is 2. The van der Waals surface area contributed by atoms with E-state index in [9.17, 15) is 14.4 Å². The van der Waals surface area contributed by atoms with Crippen molar-refractivity contribution in [1.82, 2.24) is 9.97 Å². The molecule has 0 aliphatic carbocycles. The third-order valence-electron chi connectivity index (χ3n) is 2.30. The smallest absolute Gasteiger partial charge is 0.360 e. The third-order valence-corrected chi connectivity index (χ3v) is 2.30. The van der Waals surface area contributed by atoms with Gasteiger partial charge in [-0.2, -0.15) is 0 Å². The van der Waals surface area contributed by atoms with Gasteiger partial charge in [0.15, 0.2) is 17.3 Å². The summed E-state index contributed by atoms with van der Waals surface area (Å²) in [6.07, 6.45) is 2.49. The van der Waals surface area contributed by atoms with E-state index in [1.165, 1.54) is 19.5 Å². The largest absolute Gasteiger partial charge is 0.464 e. The lowest BCUT2D eigenvalue weighted by Gasteiger charge is -2.15. The number of esters is 1. The Morgan fingerprint density at radius 1 is 1.35 bits per heavy atom. The lowest BCUT2D eigenvalue weighted by molar-refractivity contribution is -0.121. The van der Waals surface area contributed by atoms with Crippen molar-refractivity contribution < 1.29 is 19.1 Å². The van der Waals surface area contributed by atoms with Crippen LogP contribution in [0.1, 0.15) is 16.9 Å². The molecule has 2 heterocycles. The summed E-state index contributed by atoms with van der Waals surface area (Å²) < 4.78 is 4.53. The van der Waals surface area contributed by atoms with Crippen molar-refractivity contribution in [3.63, 3.8) is 0 Å². The summed E-state index contributed by atoms with van der Waals surface area (Å²) in [5, 5.41) is 0. The van der Waals surface area contributed by atoms with Gasteiger partial charge in [-0.15, -0.1) is 0 Å². The van der Waals surface area contributed by atoms with E-state index in [4.69, 9.17) is 0 Å². The fourth-order valence-corrected chi connectivity index (χ4v) is 1.55. The number of carbonyl (C=O) groups excluding carboxylic acids is 3. The Hall–Kier alpha value is -2.31. The van der Waals surface area contributed by atoms with Crippen LogP contribution >= 0.6 is 0 Å². The molecule has 88 valence electrons. The number of methoxy groups -OCH3 is 1.